The molecule has 1 saturated heterocycles. The van der Waals surface area contributed by atoms with E-state index in [-0.39, 0.29) is 0 Å². The highest BCUT2D eigenvalue weighted by Gasteiger charge is 2.22. The van der Waals surface area contributed by atoms with Crippen molar-refractivity contribution in [3.63, 3.8) is 0 Å². The smallest absolute Gasteiger partial charge is 0.222 e. The Balaban J connectivity index is 1.50. The SMILES string of the molecule is Cc1cc(N2CCCC(Cc3nc4ccccc4[nH]3)C2)nc(N)n1. The van der Waals surface area contributed by atoms with Crippen molar-refractivity contribution in [2.24, 2.45) is 5.92 Å². The van der Waals surface area contributed by atoms with Crippen LogP contribution in [0, 0.1) is 12.8 Å². The van der Waals surface area contributed by atoms with Crippen LogP contribution in [0.2, 0.25) is 0 Å². The maximum absolute atomic E-state index is 5.80. The number of nitrogens with zero attached hydrogens (tertiary/aromatic N) is 4. The number of H-pyrrole nitrogens is 1. The highest BCUT2D eigenvalue weighted by Crippen LogP contribution is 2.25. The molecule has 6 heteroatoms. The van der Waals surface area contributed by atoms with Crippen LogP contribution in [0.4, 0.5) is 11.8 Å². The lowest BCUT2D eigenvalue weighted by Crippen LogP contribution is -2.37. The van der Waals surface area contributed by atoms with Crippen LogP contribution in [0.1, 0.15) is 24.4 Å². The lowest BCUT2D eigenvalue weighted by atomic mass is 9.94. The predicted molar refractivity (Wildman–Crippen MR) is 95.9 cm³/mol. The van der Waals surface area contributed by atoms with Gasteiger partial charge in [-0.3, -0.25) is 0 Å². The molecule has 0 bridgehead atoms. The average molecular weight is 322 g/mol. The van der Waals surface area contributed by atoms with Crippen LogP contribution in [0.15, 0.2) is 30.3 Å². The van der Waals surface area contributed by atoms with Crippen molar-refractivity contribution in [2.45, 2.75) is 26.2 Å². The predicted octanol–water partition coefficient (Wildman–Crippen LogP) is 2.70. The van der Waals surface area contributed by atoms with Crippen LogP contribution < -0.4 is 10.6 Å². The molecule has 0 saturated carbocycles. The summed E-state index contributed by atoms with van der Waals surface area (Å²) in [4.78, 5) is 19.0. The van der Waals surface area contributed by atoms with E-state index >= 15 is 0 Å². The molecule has 1 aliphatic heterocycles. The number of nitrogens with one attached hydrogen (secondary N) is 1. The molecule has 4 rings (SSSR count). The van der Waals surface area contributed by atoms with Crippen LogP contribution in [-0.4, -0.2) is 33.0 Å². The first-order valence-electron chi connectivity index (χ1n) is 8.47. The summed E-state index contributed by atoms with van der Waals surface area (Å²) < 4.78 is 0. The molecule has 3 heterocycles. The zero-order chi connectivity index (χ0) is 16.5. The van der Waals surface area contributed by atoms with Crippen molar-refractivity contribution in [3.8, 4) is 0 Å². The van der Waals surface area contributed by atoms with Gasteiger partial charge in [-0.05, 0) is 37.8 Å². The Labute approximate surface area is 141 Å². The summed E-state index contributed by atoms with van der Waals surface area (Å²) >= 11 is 0. The standard InChI is InChI=1S/C18H22N6/c1-12-9-17(23-18(19)20-12)24-8-4-5-13(11-24)10-16-21-14-6-2-3-7-15(14)22-16/h2-3,6-7,9,13H,4-5,8,10-11H2,1H3,(H,21,22)(H2,19,20,23). The van der Waals surface area contributed by atoms with E-state index < -0.39 is 0 Å². The van der Waals surface area contributed by atoms with E-state index in [1.165, 1.54) is 6.42 Å². The zero-order valence-electron chi connectivity index (χ0n) is 13.9. The third-order valence-corrected chi connectivity index (χ3v) is 4.62. The molecular formula is C18H22N6. The molecule has 3 aromatic rings. The maximum atomic E-state index is 5.80. The van der Waals surface area contributed by atoms with Crippen LogP contribution in [0.25, 0.3) is 11.0 Å². The molecule has 124 valence electrons. The summed E-state index contributed by atoms with van der Waals surface area (Å²) in [5, 5.41) is 0. The topological polar surface area (TPSA) is 83.7 Å². The van der Waals surface area contributed by atoms with Gasteiger partial charge in [0.1, 0.15) is 11.6 Å². The quantitative estimate of drug-likeness (QED) is 0.774. The number of para-hydroxylation sites is 2. The third kappa shape index (κ3) is 3.04. The number of fused-ring (bicyclic) bond motifs is 1. The minimum Gasteiger partial charge on any atom is -0.368 e. The second kappa shape index (κ2) is 6.11. The number of aromatic amines is 1. The molecule has 0 amide bonds. The summed E-state index contributed by atoms with van der Waals surface area (Å²) in [7, 11) is 0. The second-order valence-electron chi connectivity index (χ2n) is 6.58. The average Bonchev–Trinajstić information content (AvgIpc) is 2.96. The Morgan fingerprint density at radius 3 is 2.96 bits per heavy atom. The molecule has 1 aliphatic rings. The van der Waals surface area contributed by atoms with Gasteiger partial charge in [0.2, 0.25) is 5.95 Å². The Morgan fingerprint density at radius 1 is 1.25 bits per heavy atom. The van der Waals surface area contributed by atoms with E-state index in [0.717, 1.165) is 54.3 Å². The fraction of sp³-hybridized carbons (Fsp3) is 0.389. The Kier molecular flexibility index (Phi) is 3.80. The number of benzene rings is 1. The zero-order valence-corrected chi connectivity index (χ0v) is 13.9. The largest absolute Gasteiger partial charge is 0.368 e. The van der Waals surface area contributed by atoms with Crippen molar-refractivity contribution in [2.75, 3.05) is 23.7 Å². The number of anilines is 2. The number of imidazole rings is 1. The Hall–Kier alpha value is -2.63. The first-order chi connectivity index (χ1) is 11.7. The summed E-state index contributed by atoms with van der Waals surface area (Å²) in [6.45, 7) is 3.96. The van der Waals surface area contributed by atoms with Crippen molar-refractivity contribution in [1.29, 1.82) is 0 Å². The molecule has 0 radical (unpaired) electrons. The number of hydrogen-bond acceptors (Lipinski definition) is 5. The number of nitrogens with two attached hydrogens (primary N) is 1. The van der Waals surface area contributed by atoms with Gasteiger partial charge in [0.15, 0.2) is 0 Å². The van der Waals surface area contributed by atoms with Gasteiger partial charge in [-0.25, -0.2) is 9.97 Å². The van der Waals surface area contributed by atoms with Crippen LogP contribution in [0.3, 0.4) is 0 Å². The molecular weight excluding hydrogens is 300 g/mol. The summed E-state index contributed by atoms with van der Waals surface area (Å²) in [6.07, 6.45) is 3.34. The number of piperidine rings is 1. The Bertz CT molecular complexity index is 802. The molecule has 0 aliphatic carbocycles. The summed E-state index contributed by atoms with van der Waals surface area (Å²) in [5.41, 5.74) is 8.87. The van der Waals surface area contributed by atoms with Crippen molar-refractivity contribution in [1.82, 2.24) is 19.9 Å². The minimum atomic E-state index is 0.351. The van der Waals surface area contributed by atoms with Crippen molar-refractivity contribution < 1.29 is 0 Å². The summed E-state index contributed by atoms with van der Waals surface area (Å²) in [5.74, 6) is 2.93. The van der Waals surface area contributed by atoms with E-state index in [1.807, 2.05) is 25.1 Å². The van der Waals surface area contributed by atoms with Gasteiger partial charge in [0.05, 0.1) is 11.0 Å². The van der Waals surface area contributed by atoms with Gasteiger partial charge < -0.3 is 15.6 Å². The highest BCUT2D eigenvalue weighted by atomic mass is 15.2. The normalized spacial score (nSPS) is 18.2. The van der Waals surface area contributed by atoms with Gasteiger partial charge in [0, 0.05) is 31.3 Å². The van der Waals surface area contributed by atoms with Gasteiger partial charge in [0.25, 0.3) is 0 Å². The number of rotatable bonds is 3. The number of aromatic nitrogens is 4. The number of aryl methyl sites for hydroxylation is 1. The highest BCUT2D eigenvalue weighted by molar-refractivity contribution is 5.74. The van der Waals surface area contributed by atoms with Crippen molar-refractivity contribution in [3.05, 3.63) is 41.9 Å². The monoisotopic (exact) mass is 322 g/mol. The fourth-order valence-corrected chi connectivity index (χ4v) is 3.55. The van der Waals surface area contributed by atoms with Crippen LogP contribution in [-0.2, 0) is 6.42 Å². The van der Waals surface area contributed by atoms with Gasteiger partial charge >= 0.3 is 0 Å². The van der Waals surface area contributed by atoms with E-state index in [1.54, 1.807) is 0 Å². The molecule has 1 fully saturated rings. The van der Waals surface area contributed by atoms with Crippen LogP contribution in [0.5, 0.6) is 0 Å². The second-order valence-corrected chi connectivity index (χ2v) is 6.58. The van der Waals surface area contributed by atoms with E-state index in [4.69, 9.17) is 10.7 Å². The lowest BCUT2D eigenvalue weighted by molar-refractivity contribution is 0.406. The molecule has 6 nitrogen and oxygen atoms in total. The first-order valence-corrected chi connectivity index (χ1v) is 8.47. The van der Waals surface area contributed by atoms with Gasteiger partial charge in [-0.1, -0.05) is 12.1 Å². The van der Waals surface area contributed by atoms with E-state index in [2.05, 4.69) is 32.0 Å². The number of nitrogen functional groups attached to an aromatic ring is 1. The Morgan fingerprint density at radius 2 is 2.12 bits per heavy atom. The first kappa shape index (κ1) is 14.9. The number of hydrogen-bond donors (Lipinski definition) is 2. The van der Waals surface area contributed by atoms with E-state index in [0.29, 0.717) is 11.9 Å². The van der Waals surface area contributed by atoms with Crippen LogP contribution >= 0.6 is 0 Å². The molecule has 0 spiro atoms. The fourth-order valence-electron chi connectivity index (χ4n) is 3.55. The molecule has 2 aromatic heterocycles. The van der Waals surface area contributed by atoms with Crippen molar-refractivity contribution >= 4 is 22.8 Å². The third-order valence-electron chi connectivity index (χ3n) is 4.62. The van der Waals surface area contributed by atoms with Gasteiger partial charge in [-0.2, -0.15) is 4.98 Å². The maximum Gasteiger partial charge on any atom is 0.222 e. The minimum absolute atomic E-state index is 0.351. The summed E-state index contributed by atoms with van der Waals surface area (Å²) in [6, 6.07) is 10.2. The molecule has 1 aromatic carbocycles. The lowest BCUT2D eigenvalue weighted by Gasteiger charge is -2.33. The van der Waals surface area contributed by atoms with Gasteiger partial charge in [-0.15, -0.1) is 0 Å². The molecule has 24 heavy (non-hydrogen) atoms. The molecule has 1 unspecified atom stereocenters. The molecule has 3 N–H and O–H groups in total. The molecule has 1 atom stereocenters. The van der Waals surface area contributed by atoms with E-state index in [9.17, 15) is 0 Å².